The van der Waals surface area contributed by atoms with Crippen molar-refractivity contribution in [2.24, 2.45) is 0 Å². The third-order valence-electron chi connectivity index (χ3n) is 4.37. The highest BCUT2D eigenvalue weighted by molar-refractivity contribution is 9.10. The molecule has 1 atom stereocenters. The minimum absolute atomic E-state index is 0.511. The average Bonchev–Trinajstić information content (AvgIpc) is 3.06. The Balaban J connectivity index is 1.61. The molecule has 0 saturated carbocycles. The first-order valence-electron chi connectivity index (χ1n) is 7.16. The molecule has 0 bridgehead atoms. The van der Waals surface area contributed by atoms with Gasteiger partial charge in [-0.3, -0.25) is 0 Å². The molecule has 104 valence electrons. The molecule has 2 heteroatoms. The Labute approximate surface area is 141 Å². The van der Waals surface area contributed by atoms with E-state index < -0.39 is 0 Å². The van der Waals surface area contributed by atoms with Gasteiger partial charge in [-0.2, -0.15) is 0 Å². The molecule has 4 rings (SSSR count). The van der Waals surface area contributed by atoms with Gasteiger partial charge < -0.3 is 0 Å². The Morgan fingerprint density at radius 1 is 0.952 bits per heavy atom. The van der Waals surface area contributed by atoms with Crippen molar-refractivity contribution < 1.29 is 0 Å². The van der Waals surface area contributed by atoms with Crippen LogP contribution in [0, 0.1) is 0 Å². The molecule has 0 saturated heterocycles. The van der Waals surface area contributed by atoms with Gasteiger partial charge in [0.25, 0.3) is 0 Å². The van der Waals surface area contributed by atoms with Crippen LogP contribution in [0.5, 0.6) is 0 Å². The average molecular weight is 402 g/mol. The fourth-order valence-corrected chi connectivity index (χ4v) is 4.39. The highest BCUT2D eigenvalue weighted by atomic mass is 79.9. The van der Waals surface area contributed by atoms with Crippen LogP contribution in [-0.4, -0.2) is 0 Å². The highest BCUT2D eigenvalue weighted by Gasteiger charge is 2.22. The predicted octanol–water partition coefficient (Wildman–Crippen LogP) is 6.35. The molecule has 0 spiro atoms. The Morgan fingerprint density at radius 2 is 1.71 bits per heavy atom. The predicted molar refractivity (Wildman–Crippen MR) is 96.4 cm³/mol. The van der Waals surface area contributed by atoms with Crippen LogP contribution in [0.15, 0.2) is 57.0 Å². The van der Waals surface area contributed by atoms with Crippen molar-refractivity contribution in [3.63, 3.8) is 0 Å². The number of halogens is 2. The number of rotatable bonds is 2. The van der Waals surface area contributed by atoms with Crippen LogP contribution < -0.4 is 0 Å². The molecule has 2 aliphatic carbocycles. The van der Waals surface area contributed by atoms with Crippen LogP contribution in [0.2, 0.25) is 0 Å². The van der Waals surface area contributed by atoms with E-state index in [1.54, 1.807) is 0 Å². The van der Waals surface area contributed by atoms with E-state index in [4.69, 9.17) is 0 Å². The summed E-state index contributed by atoms with van der Waals surface area (Å²) in [6, 6.07) is 13.0. The lowest BCUT2D eigenvalue weighted by molar-refractivity contribution is 0.825. The van der Waals surface area contributed by atoms with E-state index in [2.05, 4.69) is 86.5 Å². The van der Waals surface area contributed by atoms with Gasteiger partial charge in [0.2, 0.25) is 0 Å². The molecule has 0 fully saturated rings. The normalized spacial score (nSPS) is 18.6. The lowest BCUT2D eigenvalue weighted by Gasteiger charge is -2.12. The smallest absolute Gasteiger partial charge is 0.0250 e. The summed E-state index contributed by atoms with van der Waals surface area (Å²) in [6.45, 7) is 0. The van der Waals surface area contributed by atoms with Crippen molar-refractivity contribution in [1.29, 1.82) is 0 Å². The zero-order valence-corrected chi connectivity index (χ0v) is 14.6. The van der Waals surface area contributed by atoms with Gasteiger partial charge in [0.1, 0.15) is 0 Å². The number of hydrogen-bond donors (Lipinski definition) is 0. The Hall–Kier alpha value is -1.12. The third kappa shape index (κ3) is 2.35. The van der Waals surface area contributed by atoms with Crippen LogP contribution in [0.25, 0.3) is 12.2 Å². The van der Waals surface area contributed by atoms with Crippen molar-refractivity contribution >= 4 is 44.0 Å². The minimum atomic E-state index is 0.511. The maximum atomic E-state index is 3.66. The summed E-state index contributed by atoms with van der Waals surface area (Å²) in [4.78, 5) is 0. The minimum Gasteiger partial charge on any atom is -0.0760 e. The molecule has 0 nitrogen and oxygen atoms in total. The highest BCUT2D eigenvalue weighted by Crippen LogP contribution is 2.41. The Morgan fingerprint density at radius 3 is 2.52 bits per heavy atom. The van der Waals surface area contributed by atoms with E-state index in [0.717, 1.165) is 12.8 Å². The number of hydrogen-bond acceptors (Lipinski definition) is 0. The quantitative estimate of drug-likeness (QED) is 0.549. The molecule has 2 aliphatic rings. The van der Waals surface area contributed by atoms with Crippen LogP contribution in [-0.2, 0) is 6.42 Å². The van der Waals surface area contributed by atoms with Crippen LogP contribution >= 0.6 is 31.9 Å². The van der Waals surface area contributed by atoms with E-state index in [-0.39, 0.29) is 0 Å². The molecule has 0 heterocycles. The number of fused-ring (bicyclic) bond motifs is 2. The monoisotopic (exact) mass is 400 g/mol. The van der Waals surface area contributed by atoms with Gasteiger partial charge in [-0.1, -0.05) is 79.9 Å². The molecule has 0 radical (unpaired) electrons. The molecule has 0 N–H and O–H groups in total. The van der Waals surface area contributed by atoms with Crippen molar-refractivity contribution in [1.82, 2.24) is 0 Å². The van der Waals surface area contributed by atoms with Gasteiger partial charge in [-0.05, 0) is 47.2 Å². The molecule has 0 amide bonds. The fourth-order valence-electron chi connectivity index (χ4n) is 3.36. The standard InChI is InChI=1S/C19H14Br2/c20-18-6-2-4-15-14(7-8-16(15)18)10-12-9-13-3-1-5-19(21)17(13)11-12/h1-8,11,14H,9-10H2. The number of allylic oxidation sites excluding steroid dienone is 2. The molecule has 2 aromatic rings. The van der Waals surface area contributed by atoms with Crippen LogP contribution in [0.1, 0.15) is 34.6 Å². The van der Waals surface area contributed by atoms with Gasteiger partial charge >= 0.3 is 0 Å². The first-order chi connectivity index (χ1) is 10.2. The van der Waals surface area contributed by atoms with E-state index in [9.17, 15) is 0 Å². The van der Waals surface area contributed by atoms with E-state index >= 15 is 0 Å². The van der Waals surface area contributed by atoms with Gasteiger partial charge in [-0.15, -0.1) is 0 Å². The maximum Gasteiger partial charge on any atom is 0.0250 e. The zero-order chi connectivity index (χ0) is 14.4. The second-order valence-corrected chi connectivity index (χ2v) is 7.41. The first-order valence-corrected chi connectivity index (χ1v) is 8.74. The van der Waals surface area contributed by atoms with Crippen LogP contribution in [0.4, 0.5) is 0 Å². The summed E-state index contributed by atoms with van der Waals surface area (Å²) >= 11 is 7.31. The maximum absolute atomic E-state index is 3.66. The molecule has 2 aromatic carbocycles. The first kappa shape index (κ1) is 13.5. The van der Waals surface area contributed by atoms with Gasteiger partial charge in [-0.25, -0.2) is 0 Å². The lowest BCUT2D eigenvalue weighted by Crippen LogP contribution is -1.96. The topological polar surface area (TPSA) is 0 Å². The summed E-state index contributed by atoms with van der Waals surface area (Å²) in [7, 11) is 0. The Kier molecular flexibility index (Phi) is 3.39. The zero-order valence-electron chi connectivity index (χ0n) is 11.4. The molecular formula is C19H14Br2. The molecule has 21 heavy (non-hydrogen) atoms. The van der Waals surface area contributed by atoms with Crippen molar-refractivity contribution in [3.8, 4) is 0 Å². The van der Waals surface area contributed by atoms with Gasteiger partial charge in [0, 0.05) is 14.9 Å². The van der Waals surface area contributed by atoms with Gasteiger partial charge in [0.05, 0.1) is 0 Å². The van der Waals surface area contributed by atoms with Crippen molar-refractivity contribution in [2.75, 3.05) is 0 Å². The third-order valence-corrected chi connectivity index (χ3v) is 5.76. The van der Waals surface area contributed by atoms with E-state index in [1.807, 2.05) is 0 Å². The molecule has 1 unspecified atom stereocenters. The summed E-state index contributed by atoms with van der Waals surface area (Å²) in [5, 5.41) is 0. The summed E-state index contributed by atoms with van der Waals surface area (Å²) in [6.07, 6.45) is 9.16. The van der Waals surface area contributed by atoms with E-state index in [1.165, 1.54) is 36.8 Å². The van der Waals surface area contributed by atoms with Crippen molar-refractivity contribution in [3.05, 3.63) is 79.2 Å². The second-order valence-electron chi connectivity index (χ2n) is 5.70. The largest absolute Gasteiger partial charge is 0.0760 e. The summed E-state index contributed by atoms with van der Waals surface area (Å²) < 4.78 is 2.41. The summed E-state index contributed by atoms with van der Waals surface area (Å²) in [5.74, 6) is 0.511. The molecule has 0 aromatic heterocycles. The van der Waals surface area contributed by atoms with Crippen molar-refractivity contribution in [2.45, 2.75) is 18.8 Å². The fraction of sp³-hybridized carbons (Fsp3) is 0.158. The van der Waals surface area contributed by atoms with Crippen LogP contribution in [0.3, 0.4) is 0 Å². The molecule has 0 aliphatic heterocycles. The second kappa shape index (κ2) is 5.26. The summed E-state index contributed by atoms with van der Waals surface area (Å²) in [5.41, 5.74) is 7.12. The number of benzene rings is 2. The SMILES string of the molecule is Brc1cccc2c1C=C(CC1C=Cc3c(Br)cccc31)C2. The van der Waals surface area contributed by atoms with Gasteiger partial charge in [0.15, 0.2) is 0 Å². The lowest BCUT2D eigenvalue weighted by atomic mass is 9.93. The molecular weight excluding hydrogens is 388 g/mol. The Bertz CT molecular complexity index is 784. The van der Waals surface area contributed by atoms with E-state index in [0.29, 0.717) is 5.92 Å².